The van der Waals surface area contributed by atoms with E-state index in [1.165, 1.54) is 0 Å². The molecule has 4 aromatic carbocycles. The summed E-state index contributed by atoms with van der Waals surface area (Å²) in [6.07, 6.45) is -0.170. The molecule has 0 saturated heterocycles. The van der Waals surface area contributed by atoms with Crippen LogP contribution in [0.25, 0.3) is 0 Å². The van der Waals surface area contributed by atoms with Gasteiger partial charge in [0.15, 0.2) is 23.0 Å². The number of carbonyl (C=O) groups is 2. The van der Waals surface area contributed by atoms with E-state index in [9.17, 15) is 9.59 Å². The largest absolute Gasteiger partial charge is 0.493 e. The lowest BCUT2D eigenvalue weighted by Crippen LogP contribution is -2.40. The van der Waals surface area contributed by atoms with Crippen molar-refractivity contribution in [3.05, 3.63) is 106 Å². The Labute approximate surface area is 262 Å². The molecule has 0 fully saturated rings. The Morgan fingerprint density at radius 2 is 0.956 bits per heavy atom. The quantitative estimate of drug-likeness (QED) is 0.263. The summed E-state index contributed by atoms with van der Waals surface area (Å²) in [5.41, 5.74) is 6.40. The summed E-state index contributed by atoms with van der Waals surface area (Å²) in [4.78, 5) is 30.4. The minimum absolute atomic E-state index is 0.0852. The summed E-state index contributed by atoms with van der Waals surface area (Å²) in [6.45, 7) is 0. The number of nitrogens with one attached hydrogen (secondary N) is 2. The third-order valence-corrected chi connectivity index (χ3v) is 8.48. The molecular weight excluding hydrogens is 572 g/mol. The average Bonchev–Trinajstić information content (AvgIpc) is 3.07. The average molecular weight is 609 g/mol. The zero-order valence-corrected chi connectivity index (χ0v) is 26.1. The molecule has 2 N–H and O–H groups in total. The first-order valence-corrected chi connectivity index (χ1v) is 14.5. The van der Waals surface area contributed by atoms with Crippen LogP contribution < -0.4 is 29.6 Å². The van der Waals surface area contributed by atoms with Crippen LogP contribution in [0.4, 0.5) is 11.4 Å². The van der Waals surface area contributed by atoms with Crippen molar-refractivity contribution in [2.24, 2.45) is 0 Å². The molecule has 6 rings (SSSR count). The van der Waals surface area contributed by atoms with Gasteiger partial charge < -0.3 is 39.4 Å². The number of methoxy groups -OCH3 is 4. The number of fused-ring (bicyclic) bond motifs is 2. The van der Waals surface area contributed by atoms with Crippen molar-refractivity contribution in [2.75, 3.05) is 53.2 Å². The Kier molecular flexibility index (Phi) is 7.88. The molecule has 2 aliphatic rings. The minimum atomic E-state index is -0.366. The Bertz CT molecular complexity index is 1660. The number of amides is 2. The van der Waals surface area contributed by atoms with Gasteiger partial charge in [0.2, 0.25) is 0 Å². The maximum Gasteiger partial charge on any atom is 0.257 e. The topological polar surface area (TPSA) is 102 Å². The van der Waals surface area contributed by atoms with E-state index in [0.29, 0.717) is 40.5 Å². The fraction of sp³-hybridized carbons (Fsp3) is 0.257. The van der Waals surface area contributed by atoms with E-state index < -0.39 is 0 Å². The molecule has 10 heteroatoms. The highest BCUT2D eigenvalue weighted by atomic mass is 16.5. The standard InChI is InChI=1S/C35H36N4O6/c1-38-32(22-9-13-28(42-3)30(18-22)44-5)36-26-11-7-20(16-24(26)34(38)40)15-21-8-12-27-25(17-21)35(41)39(2)33(37-27)23-10-14-29(43-4)31(19-23)45-6/h7-14,16-19,32-33,36-37H,15H2,1-6H3. The molecule has 10 nitrogen and oxygen atoms in total. The van der Waals surface area contributed by atoms with Crippen LogP contribution in [-0.2, 0) is 6.42 Å². The molecule has 2 heterocycles. The van der Waals surface area contributed by atoms with Gasteiger partial charge in [-0.25, -0.2) is 0 Å². The summed E-state index contributed by atoms with van der Waals surface area (Å²) >= 11 is 0. The van der Waals surface area contributed by atoms with Crippen LogP contribution >= 0.6 is 0 Å². The Hall–Kier alpha value is -5.38. The third-order valence-electron chi connectivity index (χ3n) is 8.48. The van der Waals surface area contributed by atoms with Crippen molar-refractivity contribution in [1.29, 1.82) is 0 Å². The highest BCUT2D eigenvalue weighted by molar-refractivity contribution is 6.02. The fourth-order valence-corrected chi connectivity index (χ4v) is 6.01. The summed E-state index contributed by atoms with van der Waals surface area (Å²) < 4.78 is 21.7. The van der Waals surface area contributed by atoms with Gasteiger partial charge >= 0.3 is 0 Å². The summed E-state index contributed by atoms with van der Waals surface area (Å²) in [5, 5.41) is 6.98. The molecule has 2 atom stereocenters. The van der Waals surface area contributed by atoms with Crippen molar-refractivity contribution in [3.63, 3.8) is 0 Å². The molecular formula is C35H36N4O6. The van der Waals surface area contributed by atoms with Crippen molar-refractivity contribution in [2.45, 2.75) is 18.8 Å². The molecule has 0 aromatic heterocycles. The van der Waals surface area contributed by atoms with Crippen molar-refractivity contribution in [3.8, 4) is 23.0 Å². The van der Waals surface area contributed by atoms with Crippen LogP contribution in [0, 0.1) is 0 Å². The van der Waals surface area contributed by atoms with Gasteiger partial charge in [-0.15, -0.1) is 0 Å². The lowest BCUT2D eigenvalue weighted by Gasteiger charge is -2.36. The number of carbonyl (C=O) groups excluding carboxylic acids is 2. The molecule has 2 unspecified atom stereocenters. The minimum Gasteiger partial charge on any atom is -0.493 e. The molecule has 0 saturated carbocycles. The first-order chi connectivity index (χ1) is 21.8. The number of benzene rings is 4. The Balaban J connectivity index is 1.22. The van der Waals surface area contributed by atoms with Crippen molar-refractivity contribution in [1.82, 2.24) is 9.80 Å². The van der Waals surface area contributed by atoms with Crippen molar-refractivity contribution < 1.29 is 28.5 Å². The smallest absolute Gasteiger partial charge is 0.257 e. The second-order valence-electron chi connectivity index (χ2n) is 11.1. The summed E-state index contributed by atoms with van der Waals surface area (Å²) in [7, 11) is 9.92. The monoisotopic (exact) mass is 608 g/mol. The third kappa shape index (κ3) is 5.32. The van der Waals surface area contributed by atoms with E-state index in [1.807, 2.05) is 72.8 Å². The molecule has 2 aliphatic heterocycles. The van der Waals surface area contributed by atoms with Gasteiger partial charge in [-0.2, -0.15) is 0 Å². The number of hydrogen-bond acceptors (Lipinski definition) is 8. The first kappa shape index (κ1) is 29.7. The highest BCUT2D eigenvalue weighted by Gasteiger charge is 2.33. The van der Waals surface area contributed by atoms with E-state index in [2.05, 4.69) is 10.6 Å². The molecule has 0 radical (unpaired) electrons. The molecule has 0 aliphatic carbocycles. The van der Waals surface area contributed by atoms with E-state index in [-0.39, 0.29) is 24.1 Å². The number of rotatable bonds is 8. The SMILES string of the molecule is COc1ccc(C2Nc3ccc(Cc4ccc5c(c4)C(=O)N(C)C(c4ccc(OC)c(OC)c4)N5)cc3C(=O)N2C)cc1OC. The molecule has 232 valence electrons. The summed E-state index contributed by atoms with van der Waals surface area (Å²) in [6, 6.07) is 23.0. The molecule has 4 aromatic rings. The maximum atomic E-state index is 13.5. The van der Waals surface area contributed by atoms with Crippen LogP contribution in [0.1, 0.15) is 55.3 Å². The van der Waals surface area contributed by atoms with Crippen LogP contribution in [0.15, 0.2) is 72.8 Å². The van der Waals surface area contributed by atoms with Crippen LogP contribution in [0.2, 0.25) is 0 Å². The van der Waals surface area contributed by atoms with Crippen LogP contribution in [-0.4, -0.2) is 64.1 Å². The lowest BCUT2D eigenvalue weighted by atomic mass is 9.96. The Morgan fingerprint density at radius 1 is 0.556 bits per heavy atom. The molecule has 0 bridgehead atoms. The van der Waals surface area contributed by atoms with Gasteiger partial charge in [0.25, 0.3) is 11.8 Å². The van der Waals surface area contributed by atoms with Crippen LogP contribution in [0.5, 0.6) is 23.0 Å². The normalized spacial score (nSPS) is 17.1. The van der Waals surface area contributed by atoms with E-state index in [0.717, 1.165) is 33.6 Å². The van der Waals surface area contributed by atoms with Crippen molar-refractivity contribution >= 4 is 23.2 Å². The number of nitrogens with zero attached hydrogens (tertiary/aromatic N) is 2. The zero-order chi connectivity index (χ0) is 31.8. The second kappa shape index (κ2) is 12.0. The molecule has 45 heavy (non-hydrogen) atoms. The predicted octanol–water partition coefficient (Wildman–Crippen LogP) is 5.70. The molecule has 0 spiro atoms. The zero-order valence-electron chi connectivity index (χ0n) is 26.1. The number of anilines is 2. The van der Waals surface area contributed by atoms with Gasteiger partial charge in [0, 0.05) is 25.5 Å². The van der Waals surface area contributed by atoms with Gasteiger partial charge in [0.1, 0.15) is 12.3 Å². The lowest BCUT2D eigenvalue weighted by molar-refractivity contribution is 0.0728. The van der Waals surface area contributed by atoms with Gasteiger partial charge in [-0.05, 0) is 77.2 Å². The Morgan fingerprint density at radius 3 is 1.33 bits per heavy atom. The van der Waals surface area contributed by atoms with Crippen LogP contribution in [0.3, 0.4) is 0 Å². The highest BCUT2D eigenvalue weighted by Crippen LogP contribution is 2.38. The summed E-state index contributed by atoms with van der Waals surface area (Å²) in [5.74, 6) is 2.27. The first-order valence-electron chi connectivity index (χ1n) is 14.5. The maximum absolute atomic E-state index is 13.5. The van der Waals surface area contributed by atoms with E-state index >= 15 is 0 Å². The molecule has 2 amide bonds. The van der Waals surface area contributed by atoms with Gasteiger partial charge in [-0.3, -0.25) is 9.59 Å². The number of hydrogen-bond donors (Lipinski definition) is 2. The van der Waals surface area contributed by atoms with Gasteiger partial charge in [-0.1, -0.05) is 24.3 Å². The van der Waals surface area contributed by atoms with E-state index in [1.54, 1.807) is 52.3 Å². The fourth-order valence-electron chi connectivity index (χ4n) is 6.01. The second-order valence-corrected chi connectivity index (χ2v) is 11.1. The van der Waals surface area contributed by atoms with E-state index in [4.69, 9.17) is 18.9 Å². The predicted molar refractivity (Wildman–Crippen MR) is 172 cm³/mol. The van der Waals surface area contributed by atoms with Gasteiger partial charge in [0.05, 0.1) is 39.6 Å². The number of ether oxygens (including phenoxy) is 4.